The monoisotopic (exact) mass is 394 g/mol. The van der Waals surface area contributed by atoms with Crippen molar-refractivity contribution in [3.05, 3.63) is 69.9 Å². The van der Waals surface area contributed by atoms with Gasteiger partial charge >= 0.3 is 0 Å². The number of allylic oxidation sites excluding steroid dienone is 12. The van der Waals surface area contributed by atoms with Crippen LogP contribution in [-0.4, -0.2) is 12.1 Å². The quantitative estimate of drug-likeness (QED) is 0.194. The maximum absolute atomic E-state index is 11.6. The van der Waals surface area contributed by atoms with Crippen LogP contribution in [0, 0.1) is 0 Å². The van der Waals surface area contributed by atoms with Gasteiger partial charge in [0.1, 0.15) is 6.29 Å². The SMILES string of the molecule is CC(C)=CCC/C(C=O)=C/CC/C(C)=C/CC/C(C)=C/CC1=CC(=O)C=C(C)C1. The zero-order valence-electron chi connectivity index (χ0n) is 19.0. The van der Waals surface area contributed by atoms with Gasteiger partial charge in [0.25, 0.3) is 0 Å². The van der Waals surface area contributed by atoms with Crippen molar-refractivity contribution in [3.8, 4) is 0 Å². The first-order chi connectivity index (χ1) is 13.8. The summed E-state index contributed by atoms with van der Waals surface area (Å²) in [6.07, 6.45) is 20.9. The molecule has 0 saturated carbocycles. The van der Waals surface area contributed by atoms with E-state index in [1.165, 1.54) is 22.3 Å². The van der Waals surface area contributed by atoms with E-state index in [9.17, 15) is 9.59 Å². The Kier molecular flexibility index (Phi) is 11.9. The molecule has 158 valence electrons. The van der Waals surface area contributed by atoms with E-state index in [-0.39, 0.29) is 5.78 Å². The van der Waals surface area contributed by atoms with Gasteiger partial charge in [-0.1, -0.05) is 52.2 Å². The normalized spacial score (nSPS) is 15.8. The van der Waals surface area contributed by atoms with Crippen LogP contribution >= 0.6 is 0 Å². The lowest BCUT2D eigenvalue weighted by Gasteiger charge is -2.10. The van der Waals surface area contributed by atoms with E-state index >= 15 is 0 Å². The van der Waals surface area contributed by atoms with Crippen molar-refractivity contribution in [2.75, 3.05) is 0 Å². The maximum Gasteiger partial charge on any atom is 0.178 e. The second kappa shape index (κ2) is 13.9. The van der Waals surface area contributed by atoms with Crippen molar-refractivity contribution in [2.45, 2.75) is 86.0 Å². The highest BCUT2D eigenvalue weighted by molar-refractivity contribution is 6.01. The molecule has 1 aliphatic carbocycles. The lowest BCUT2D eigenvalue weighted by Crippen LogP contribution is -1.99. The standard InChI is InChI=1S/C27H38O2/c1-21(2)9-6-13-25(20-28)14-8-12-22(3)10-7-11-23(4)15-16-26-17-24(5)18-27(29)19-26/h9-10,14-15,18-20H,6-8,11-13,16-17H2,1-5H3/b22-10+,23-15+,25-14-. The molecule has 0 N–H and O–H groups in total. The molecule has 0 aromatic heterocycles. The first kappa shape index (κ1) is 24.8. The van der Waals surface area contributed by atoms with Crippen LogP contribution in [0.5, 0.6) is 0 Å². The molecule has 1 aliphatic rings. The smallest absolute Gasteiger partial charge is 0.178 e. The summed E-state index contributed by atoms with van der Waals surface area (Å²) >= 11 is 0. The summed E-state index contributed by atoms with van der Waals surface area (Å²) < 4.78 is 0. The largest absolute Gasteiger partial charge is 0.298 e. The summed E-state index contributed by atoms with van der Waals surface area (Å²) in [4.78, 5) is 22.8. The highest BCUT2D eigenvalue weighted by Crippen LogP contribution is 2.21. The molecule has 0 aromatic carbocycles. The average molecular weight is 395 g/mol. The minimum absolute atomic E-state index is 0.122. The van der Waals surface area contributed by atoms with E-state index in [4.69, 9.17) is 0 Å². The van der Waals surface area contributed by atoms with Crippen LogP contribution in [0.3, 0.4) is 0 Å². The van der Waals surface area contributed by atoms with Crippen molar-refractivity contribution >= 4 is 12.1 Å². The second-order valence-corrected chi connectivity index (χ2v) is 8.47. The summed E-state index contributed by atoms with van der Waals surface area (Å²) in [6, 6.07) is 0. The van der Waals surface area contributed by atoms with Crippen LogP contribution in [-0.2, 0) is 9.59 Å². The summed E-state index contributed by atoms with van der Waals surface area (Å²) in [7, 11) is 0. The number of carbonyl (C=O) groups excluding carboxylic acids is 2. The molecule has 29 heavy (non-hydrogen) atoms. The first-order valence-corrected chi connectivity index (χ1v) is 10.8. The van der Waals surface area contributed by atoms with Crippen LogP contribution in [0.25, 0.3) is 0 Å². The number of hydrogen-bond donors (Lipinski definition) is 0. The summed E-state index contributed by atoms with van der Waals surface area (Å²) in [5, 5.41) is 0. The fourth-order valence-corrected chi connectivity index (χ4v) is 3.35. The maximum atomic E-state index is 11.6. The van der Waals surface area contributed by atoms with Gasteiger partial charge in [-0.3, -0.25) is 9.59 Å². The third kappa shape index (κ3) is 12.1. The van der Waals surface area contributed by atoms with Gasteiger partial charge in [0.15, 0.2) is 5.78 Å². The molecule has 0 aliphatic heterocycles. The number of carbonyl (C=O) groups is 2. The van der Waals surface area contributed by atoms with E-state index in [1.54, 1.807) is 12.2 Å². The van der Waals surface area contributed by atoms with Gasteiger partial charge in [0, 0.05) is 0 Å². The zero-order valence-corrected chi connectivity index (χ0v) is 19.0. The van der Waals surface area contributed by atoms with Gasteiger partial charge < -0.3 is 0 Å². The Balaban J connectivity index is 2.35. The van der Waals surface area contributed by atoms with Crippen LogP contribution in [0.15, 0.2) is 69.9 Å². The Hall–Kier alpha value is -2.22. The number of hydrogen-bond acceptors (Lipinski definition) is 2. The molecule has 0 aromatic rings. The van der Waals surface area contributed by atoms with Gasteiger partial charge in [-0.15, -0.1) is 0 Å². The molecule has 0 heterocycles. The Labute approximate surface area is 177 Å². The molecule has 0 amide bonds. The van der Waals surface area contributed by atoms with Gasteiger partial charge in [0.05, 0.1) is 0 Å². The van der Waals surface area contributed by atoms with Crippen molar-refractivity contribution in [1.29, 1.82) is 0 Å². The van der Waals surface area contributed by atoms with E-state index in [2.05, 4.69) is 52.0 Å². The molecule has 0 fully saturated rings. The molecule has 0 bridgehead atoms. The Morgan fingerprint density at radius 1 is 0.862 bits per heavy atom. The van der Waals surface area contributed by atoms with Crippen molar-refractivity contribution in [2.24, 2.45) is 0 Å². The summed E-state index contributed by atoms with van der Waals surface area (Å²) in [5.74, 6) is 0.122. The molecule has 1 rings (SSSR count). The highest BCUT2D eigenvalue weighted by atomic mass is 16.1. The van der Waals surface area contributed by atoms with E-state index in [0.29, 0.717) is 0 Å². The Morgan fingerprint density at radius 2 is 1.48 bits per heavy atom. The second-order valence-electron chi connectivity index (χ2n) is 8.47. The molecule has 0 atom stereocenters. The Bertz CT molecular complexity index is 747. The average Bonchev–Trinajstić information content (AvgIpc) is 2.64. The Morgan fingerprint density at radius 3 is 2.10 bits per heavy atom. The first-order valence-electron chi connectivity index (χ1n) is 10.8. The lowest BCUT2D eigenvalue weighted by molar-refractivity contribution is -0.110. The number of rotatable bonds is 12. The number of aldehydes is 1. The minimum atomic E-state index is 0.122. The summed E-state index contributed by atoms with van der Waals surface area (Å²) in [5.41, 5.74) is 7.33. The fraction of sp³-hybridized carbons (Fsp3) is 0.481. The van der Waals surface area contributed by atoms with E-state index in [1.807, 2.05) is 6.92 Å². The third-order valence-corrected chi connectivity index (χ3v) is 5.07. The van der Waals surface area contributed by atoms with Crippen LogP contribution in [0.2, 0.25) is 0 Å². The minimum Gasteiger partial charge on any atom is -0.298 e. The van der Waals surface area contributed by atoms with Crippen molar-refractivity contribution in [3.63, 3.8) is 0 Å². The molecule has 2 nitrogen and oxygen atoms in total. The molecular formula is C27H38O2. The van der Waals surface area contributed by atoms with E-state index < -0.39 is 0 Å². The molecule has 0 saturated heterocycles. The molecule has 0 spiro atoms. The van der Waals surface area contributed by atoms with Gasteiger partial charge in [-0.05, 0) is 104 Å². The van der Waals surface area contributed by atoms with Gasteiger partial charge in [-0.2, -0.15) is 0 Å². The highest BCUT2D eigenvalue weighted by Gasteiger charge is 2.07. The number of ketones is 1. The molecule has 0 unspecified atom stereocenters. The summed E-state index contributed by atoms with van der Waals surface area (Å²) in [6.45, 7) is 10.5. The lowest BCUT2D eigenvalue weighted by atomic mass is 9.95. The van der Waals surface area contributed by atoms with Gasteiger partial charge in [0.2, 0.25) is 0 Å². The van der Waals surface area contributed by atoms with Gasteiger partial charge in [-0.25, -0.2) is 0 Å². The van der Waals surface area contributed by atoms with E-state index in [0.717, 1.165) is 68.8 Å². The predicted molar refractivity (Wildman–Crippen MR) is 125 cm³/mol. The topological polar surface area (TPSA) is 34.1 Å². The van der Waals surface area contributed by atoms with Crippen molar-refractivity contribution in [1.82, 2.24) is 0 Å². The van der Waals surface area contributed by atoms with Crippen LogP contribution in [0.4, 0.5) is 0 Å². The van der Waals surface area contributed by atoms with Crippen LogP contribution in [0.1, 0.15) is 86.0 Å². The third-order valence-electron chi connectivity index (χ3n) is 5.07. The van der Waals surface area contributed by atoms with Crippen LogP contribution < -0.4 is 0 Å². The fourth-order valence-electron chi connectivity index (χ4n) is 3.35. The predicted octanol–water partition coefficient (Wildman–Crippen LogP) is 7.55. The molecule has 0 radical (unpaired) electrons. The molecule has 2 heteroatoms. The zero-order chi connectivity index (χ0) is 21.6. The molecular weight excluding hydrogens is 356 g/mol. The van der Waals surface area contributed by atoms with Crippen molar-refractivity contribution < 1.29 is 9.59 Å².